The standard InChI is InChI=1S/C78H74F10N10O11/c79-59-61(81)69(85)77(70(86)62(59)82,57(99)29-7-5-17-43-93-75(103)53-25-19-23-51-65(49-21-9-11-27-55(49)95-67(51)53)89-39-13-1-3-15-41-91-73(101)45-31-35-47(36-32-45)97(105)106)109-78(71(87)63(83)60(80)64(84)72(78)88)58(100)30-8-6-18-44-94-76(104)54-26-20-24-52-66(50-22-10-12-28-56(50)96-68(52)54)90-40-14-2-4-16-42-92-74(102)46-33-37-48(38-34-46)98(107)108/h9-12,19-28,31-38,69,71H,1-8,13-18,29-30,39-44H2,(H,89,95)(H,90,96)(H,91,101)(H,92,102)(H,93,103)(H,94,104). The highest BCUT2D eigenvalue weighted by atomic mass is 19.2. The Labute approximate surface area is 616 Å². The molecule has 4 unspecified atom stereocenters. The number of halogens is 10. The Morgan fingerprint density at radius 2 is 0.706 bits per heavy atom. The first kappa shape index (κ1) is 80.0. The zero-order chi connectivity index (χ0) is 78.1. The number of nitro groups is 2. The molecule has 6 N–H and O–H groups in total. The van der Waals surface area contributed by atoms with Gasteiger partial charge in [0.05, 0.1) is 54.4 Å². The predicted octanol–water partition coefficient (Wildman–Crippen LogP) is 16.9. The first-order valence-electron chi connectivity index (χ1n) is 35.4. The summed E-state index contributed by atoms with van der Waals surface area (Å²) >= 11 is 0. The van der Waals surface area contributed by atoms with Gasteiger partial charge in [-0.05, 0) is 99.9 Å². The molecule has 572 valence electrons. The van der Waals surface area contributed by atoms with Crippen molar-refractivity contribution in [3.63, 3.8) is 0 Å². The van der Waals surface area contributed by atoms with Crippen LogP contribution >= 0.6 is 0 Å². The highest BCUT2D eigenvalue weighted by Crippen LogP contribution is 2.54. The molecule has 31 heteroatoms. The Balaban J connectivity index is 0.731. The number of para-hydroxylation sites is 4. The number of amides is 4. The van der Waals surface area contributed by atoms with Gasteiger partial charge < -0.3 is 36.6 Å². The van der Waals surface area contributed by atoms with Crippen molar-refractivity contribution in [3.8, 4) is 0 Å². The first-order valence-corrected chi connectivity index (χ1v) is 35.4. The minimum Gasteiger partial charge on any atom is -0.384 e. The minimum atomic E-state index is -4.72. The van der Waals surface area contributed by atoms with E-state index in [0.717, 1.165) is 36.5 Å². The average Bonchev–Trinajstić information content (AvgIpc) is 0.710. The number of nitrogens with zero attached hydrogens (tertiary/aromatic N) is 4. The number of alkyl halides is 2. The number of unbranched alkanes of at least 4 members (excludes halogenated alkanes) is 10. The molecule has 0 spiro atoms. The van der Waals surface area contributed by atoms with Crippen LogP contribution in [0.3, 0.4) is 0 Å². The number of non-ortho nitro benzene ring substituents is 2. The van der Waals surface area contributed by atoms with Crippen LogP contribution in [-0.2, 0) is 14.3 Å². The summed E-state index contributed by atoms with van der Waals surface area (Å²) in [5.41, 5.74) is -5.77. The normalized spacial score (nSPS) is 17.3. The van der Waals surface area contributed by atoms with E-state index in [4.69, 9.17) is 14.7 Å². The van der Waals surface area contributed by atoms with Crippen LogP contribution in [0.15, 0.2) is 180 Å². The molecule has 8 aromatic rings. The number of nitrogens with one attached hydrogen (secondary N) is 6. The number of allylic oxidation sites excluding steroid dienone is 4. The SMILES string of the molecule is O=C(NCCCCCCNc1c2ccccc2nc2c(C(=O)NCCCCCC(=O)C3(OC4(C(=O)CCCCCNC(=O)c5cccc6c(NCCCCCCNC(=O)c7ccc([N+](=O)[O-])cc7)c7ccccc7nc56)C(F)=C(F)C(F)=C(F)C4F)C(F)=C(F)C(F)=C(F)C3F)cccc12)c1ccc([N+](=O)[O-])cc1. The molecule has 109 heavy (non-hydrogen) atoms. The summed E-state index contributed by atoms with van der Waals surface area (Å²) in [6.45, 7) is 1.46. The van der Waals surface area contributed by atoms with Crippen molar-refractivity contribution in [1.29, 1.82) is 0 Å². The van der Waals surface area contributed by atoms with Crippen molar-refractivity contribution in [2.75, 3.05) is 49.9 Å². The topological polar surface area (TPSA) is 296 Å². The number of benzene rings is 6. The first-order chi connectivity index (χ1) is 52.4. The van der Waals surface area contributed by atoms with Gasteiger partial charge in [-0.25, -0.2) is 53.9 Å². The van der Waals surface area contributed by atoms with Gasteiger partial charge >= 0.3 is 0 Å². The van der Waals surface area contributed by atoms with Crippen molar-refractivity contribution in [2.24, 2.45) is 0 Å². The molecule has 10 rings (SSSR count). The average molecular weight is 1520 g/mol. The summed E-state index contributed by atoms with van der Waals surface area (Å²) in [5.74, 6) is -29.8. The maximum Gasteiger partial charge on any atom is 0.269 e. The van der Waals surface area contributed by atoms with Gasteiger partial charge in [-0.3, -0.25) is 49.0 Å². The number of carbonyl (C=O) groups excluding carboxylic acids is 6. The number of hydrogen-bond acceptors (Lipinski definition) is 15. The number of hydrogen-bond donors (Lipinski definition) is 6. The fraction of sp³-hybridized carbons (Fsp3) is 0.333. The molecule has 0 radical (unpaired) electrons. The third kappa shape index (κ3) is 17.7. The molecule has 4 amide bonds. The molecule has 2 heterocycles. The van der Waals surface area contributed by atoms with Crippen LogP contribution in [0.5, 0.6) is 0 Å². The van der Waals surface area contributed by atoms with Gasteiger partial charge in [0.1, 0.15) is 0 Å². The van der Waals surface area contributed by atoms with Crippen molar-refractivity contribution in [3.05, 3.63) is 223 Å². The number of ether oxygens (including phenoxy) is 1. The van der Waals surface area contributed by atoms with E-state index in [-0.39, 0.29) is 73.1 Å². The maximum absolute atomic E-state index is 16.5. The fourth-order valence-corrected chi connectivity index (χ4v) is 13.0. The number of pyridine rings is 2. The molecular weight excluding hydrogens is 1440 g/mol. The molecule has 2 aromatic heterocycles. The van der Waals surface area contributed by atoms with Gasteiger partial charge in [0, 0.05) is 109 Å². The van der Waals surface area contributed by atoms with Gasteiger partial charge in [-0.1, -0.05) is 99.2 Å². The maximum atomic E-state index is 16.5. The largest absolute Gasteiger partial charge is 0.384 e. The Kier molecular flexibility index (Phi) is 26.7. The summed E-state index contributed by atoms with van der Waals surface area (Å²) in [7, 11) is 0. The van der Waals surface area contributed by atoms with Crippen LogP contribution in [0.2, 0.25) is 0 Å². The molecule has 2 aliphatic carbocycles. The Morgan fingerprint density at radius 3 is 1.06 bits per heavy atom. The van der Waals surface area contributed by atoms with Gasteiger partial charge in [-0.15, -0.1) is 0 Å². The molecule has 2 aliphatic rings. The lowest BCUT2D eigenvalue weighted by Gasteiger charge is -2.44. The van der Waals surface area contributed by atoms with Crippen LogP contribution in [0.1, 0.15) is 144 Å². The zero-order valence-corrected chi connectivity index (χ0v) is 58.5. The second-order valence-electron chi connectivity index (χ2n) is 26.1. The lowest BCUT2D eigenvalue weighted by Crippen LogP contribution is -2.64. The monoisotopic (exact) mass is 1520 g/mol. The number of carbonyl (C=O) groups is 6. The lowest BCUT2D eigenvalue weighted by atomic mass is 9.78. The Hall–Kier alpha value is -11.5. The quantitative estimate of drug-likeness (QED) is 0.00689. The Bertz CT molecular complexity index is 4650. The molecule has 6 aromatic carbocycles. The number of ketones is 2. The van der Waals surface area contributed by atoms with E-state index in [2.05, 4.69) is 31.9 Å². The van der Waals surface area contributed by atoms with Crippen molar-refractivity contribution in [2.45, 2.75) is 126 Å². The van der Waals surface area contributed by atoms with Gasteiger partial charge in [0.2, 0.25) is 11.2 Å². The molecule has 0 saturated carbocycles. The number of aromatic nitrogens is 2. The number of Topliss-reactive ketones (excluding diaryl/α,β-unsaturated/α-hetero) is 2. The number of rotatable bonds is 38. The van der Waals surface area contributed by atoms with Crippen LogP contribution < -0.4 is 31.9 Å². The predicted molar refractivity (Wildman–Crippen MR) is 388 cm³/mol. The molecule has 0 aliphatic heterocycles. The number of nitro benzene ring substituents is 2. The highest BCUT2D eigenvalue weighted by molar-refractivity contribution is 6.15. The summed E-state index contributed by atoms with van der Waals surface area (Å²) in [5, 5.41) is 42.5. The Morgan fingerprint density at radius 1 is 0.385 bits per heavy atom. The summed E-state index contributed by atoms with van der Waals surface area (Å²) in [6, 6.07) is 34.7. The van der Waals surface area contributed by atoms with Gasteiger partial charge in [0.15, 0.2) is 70.5 Å². The highest BCUT2D eigenvalue weighted by Gasteiger charge is 2.68. The van der Waals surface area contributed by atoms with E-state index in [9.17, 15) is 57.8 Å². The van der Waals surface area contributed by atoms with Crippen LogP contribution in [0.25, 0.3) is 43.6 Å². The second kappa shape index (κ2) is 36.4. The van der Waals surface area contributed by atoms with Gasteiger partial charge in [-0.2, -0.15) is 0 Å². The molecule has 0 saturated heterocycles. The summed E-state index contributed by atoms with van der Waals surface area (Å²) in [6.07, 6.45) is -6.58. The second-order valence-corrected chi connectivity index (χ2v) is 26.1. The van der Waals surface area contributed by atoms with Crippen molar-refractivity contribution >= 4 is 102 Å². The van der Waals surface area contributed by atoms with Crippen molar-refractivity contribution < 1.29 is 87.3 Å². The van der Waals surface area contributed by atoms with Crippen LogP contribution in [-0.4, -0.2) is 118 Å². The van der Waals surface area contributed by atoms with E-state index in [1.807, 2.05) is 24.3 Å². The number of anilines is 2. The van der Waals surface area contributed by atoms with E-state index >= 15 is 35.1 Å². The molecule has 4 atom stereocenters. The molecule has 21 nitrogen and oxygen atoms in total. The third-order valence-electron chi connectivity index (χ3n) is 18.9. The smallest absolute Gasteiger partial charge is 0.269 e. The van der Waals surface area contributed by atoms with Crippen LogP contribution in [0, 0.1) is 20.2 Å². The van der Waals surface area contributed by atoms with E-state index in [1.165, 1.54) is 60.7 Å². The molecule has 0 fully saturated rings. The van der Waals surface area contributed by atoms with Crippen LogP contribution in [0.4, 0.5) is 66.7 Å². The number of fused-ring (bicyclic) bond motifs is 4. The van der Waals surface area contributed by atoms with E-state index < -0.39 is 129 Å². The molecular formula is C78H74F10N10O11. The van der Waals surface area contributed by atoms with E-state index in [1.54, 1.807) is 48.5 Å². The lowest BCUT2D eigenvalue weighted by molar-refractivity contribution is -0.385. The third-order valence-corrected chi connectivity index (χ3v) is 18.9. The minimum absolute atomic E-state index is 0.0387. The molecule has 0 bridgehead atoms. The fourth-order valence-electron chi connectivity index (χ4n) is 13.0. The van der Waals surface area contributed by atoms with Crippen molar-refractivity contribution in [1.82, 2.24) is 31.2 Å². The van der Waals surface area contributed by atoms with E-state index in [0.29, 0.717) is 107 Å². The summed E-state index contributed by atoms with van der Waals surface area (Å²) in [4.78, 5) is 112. The van der Waals surface area contributed by atoms with Gasteiger partial charge in [0.25, 0.3) is 35.0 Å². The summed E-state index contributed by atoms with van der Waals surface area (Å²) < 4.78 is 162. The zero-order valence-electron chi connectivity index (χ0n) is 58.5.